The zero-order valence-electron chi connectivity index (χ0n) is 21.8. The van der Waals surface area contributed by atoms with Crippen LogP contribution in [0.25, 0.3) is 0 Å². The predicted octanol–water partition coefficient (Wildman–Crippen LogP) is 2.21. The quantitative estimate of drug-likeness (QED) is 0.162. The molecule has 0 aliphatic carbocycles. The lowest BCUT2D eigenvalue weighted by Gasteiger charge is -2.10. The summed E-state index contributed by atoms with van der Waals surface area (Å²) in [5.41, 5.74) is -0.713. The van der Waals surface area contributed by atoms with Gasteiger partial charge in [-0.2, -0.15) is 13.2 Å². The number of aliphatic hydroxyl groups excluding tert-OH is 1. The van der Waals surface area contributed by atoms with Gasteiger partial charge in [0, 0.05) is 0 Å². The first-order valence-corrected chi connectivity index (χ1v) is 12.6. The van der Waals surface area contributed by atoms with E-state index in [2.05, 4.69) is 0 Å². The molecule has 0 heterocycles. The number of benzene rings is 1. The van der Waals surface area contributed by atoms with Crippen molar-refractivity contribution >= 4 is 0 Å². The third kappa shape index (κ3) is 21.4. The molecule has 0 aliphatic heterocycles. The maximum Gasteiger partial charge on any atom is 0.416 e. The molecule has 38 heavy (non-hydrogen) atoms. The molecule has 0 atom stereocenters. The molecule has 0 saturated carbocycles. The highest BCUT2D eigenvalue weighted by Gasteiger charge is 2.29. The Kier molecular flexibility index (Phi) is 22.2. The highest BCUT2D eigenvalue weighted by molar-refractivity contribution is 5.28. The molecule has 0 aliphatic rings. The number of ether oxygens (including phenoxy) is 9. The van der Waals surface area contributed by atoms with Crippen molar-refractivity contribution in [1.29, 1.82) is 0 Å². The van der Waals surface area contributed by atoms with E-state index in [0.29, 0.717) is 111 Å². The summed E-state index contributed by atoms with van der Waals surface area (Å²) in [4.78, 5) is 0. The molecule has 1 rings (SSSR count). The van der Waals surface area contributed by atoms with Crippen molar-refractivity contribution in [2.24, 2.45) is 0 Å². The molecule has 0 unspecified atom stereocenters. The van der Waals surface area contributed by atoms with Gasteiger partial charge in [0.05, 0.1) is 118 Å². The Bertz CT molecular complexity index is 635. The Morgan fingerprint density at radius 1 is 0.447 bits per heavy atom. The fourth-order valence-electron chi connectivity index (χ4n) is 2.66. The SMILES string of the molecule is OCCOCCOCCOCCOCCOCCOCCOCCOCCOc1ccc(C(F)(F)F)cc1. The van der Waals surface area contributed by atoms with Crippen LogP contribution in [0.4, 0.5) is 13.2 Å². The van der Waals surface area contributed by atoms with Gasteiger partial charge in [0.25, 0.3) is 0 Å². The first kappa shape index (κ1) is 34.5. The van der Waals surface area contributed by atoms with Gasteiger partial charge in [-0.25, -0.2) is 0 Å². The summed E-state index contributed by atoms with van der Waals surface area (Å²) in [6, 6.07) is 4.52. The van der Waals surface area contributed by atoms with Crippen LogP contribution < -0.4 is 4.74 Å². The Morgan fingerprint density at radius 2 is 0.737 bits per heavy atom. The van der Waals surface area contributed by atoms with Gasteiger partial charge in [0.1, 0.15) is 12.4 Å². The summed E-state index contributed by atoms with van der Waals surface area (Å²) in [7, 11) is 0. The van der Waals surface area contributed by atoms with Crippen LogP contribution in [0.2, 0.25) is 0 Å². The second-order valence-corrected chi connectivity index (χ2v) is 7.49. The average molecular weight is 559 g/mol. The summed E-state index contributed by atoms with van der Waals surface area (Å²) in [5, 5.41) is 8.55. The Morgan fingerprint density at radius 3 is 1.03 bits per heavy atom. The minimum Gasteiger partial charge on any atom is -0.491 e. The van der Waals surface area contributed by atoms with E-state index in [9.17, 15) is 13.2 Å². The van der Waals surface area contributed by atoms with E-state index in [1.807, 2.05) is 0 Å². The molecule has 0 bridgehead atoms. The van der Waals surface area contributed by atoms with Crippen molar-refractivity contribution in [3.63, 3.8) is 0 Å². The van der Waals surface area contributed by atoms with Crippen LogP contribution in [0.1, 0.15) is 5.56 Å². The lowest BCUT2D eigenvalue weighted by atomic mass is 10.2. The summed E-state index contributed by atoms with van der Waals surface area (Å²) in [6.07, 6.45) is -4.36. The van der Waals surface area contributed by atoms with Gasteiger partial charge in [0.2, 0.25) is 0 Å². The molecule has 222 valence electrons. The van der Waals surface area contributed by atoms with E-state index in [1.165, 1.54) is 12.1 Å². The molecule has 10 nitrogen and oxygen atoms in total. The maximum atomic E-state index is 12.5. The third-order valence-electron chi connectivity index (χ3n) is 4.52. The van der Waals surface area contributed by atoms with Gasteiger partial charge in [-0.3, -0.25) is 0 Å². The molecule has 1 aromatic rings. The van der Waals surface area contributed by atoms with Gasteiger partial charge < -0.3 is 47.7 Å². The van der Waals surface area contributed by atoms with E-state index in [0.717, 1.165) is 12.1 Å². The largest absolute Gasteiger partial charge is 0.491 e. The van der Waals surface area contributed by atoms with Crippen molar-refractivity contribution in [2.45, 2.75) is 6.18 Å². The summed E-state index contributed by atoms with van der Waals surface area (Å²) < 4.78 is 85.5. The van der Waals surface area contributed by atoms with Crippen molar-refractivity contribution in [3.05, 3.63) is 29.8 Å². The Hall–Kier alpha value is -1.55. The molecule has 0 fully saturated rings. The number of alkyl halides is 3. The smallest absolute Gasteiger partial charge is 0.416 e. The van der Waals surface area contributed by atoms with Crippen molar-refractivity contribution < 1.29 is 60.9 Å². The molecular weight excluding hydrogens is 517 g/mol. The predicted molar refractivity (Wildman–Crippen MR) is 131 cm³/mol. The molecule has 0 spiro atoms. The first-order chi connectivity index (χ1) is 18.5. The molecule has 0 radical (unpaired) electrons. The van der Waals surface area contributed by atoms with Gasteiger partial charge >= 0.3 is 6.18 Å². The van der Waals surface area contributed by atoms with Gasteiger partial charge in [-0.15, -0.1) is 0 Å². The van der Waals surface area contributed by atoms with Crippen LogP contribution in [-0.4, -0.2) is 124 Å². The summed E-state index contributed by atoms with van der Waals surface area (Å²) >= 11 is 0. The number of halogens is 3. The molecule has 0 saturated heterocycles. The first-order valence-electron chi connectivity index (χ1n) is 12.6. The van der Waals surface area contributed by atoms with Gasteiger partial charge in [0.15, 0.2) is 0 Å². The minimum atomic E-state index is -4.36. The lowest BCUT2D eigenvalue weighted by molar-refractivity contribution is -0.137. The van der Waals surface area contributed by atoms with Crippen LogP contribution in [-0.2, 0) is 44.1 Å². The summed E-state index contributed by atoms with van der Waals surface area (Å²) in [5.74, 6) is 0.355. The number of rotatable bonds is 27. The lowest BCUT2D eigenvalue weighted by Crippen LogP contribution is -2.15. The van der Waals surface area contributed by atoms with Crippen LogP contribution in [0.15, 0.2) is 24.3 Å². The zero-order valence-corrected chi connectivity index (χ0v) is 21.8. The van der Waals surface area contributed by atoms with Crippen molar-refractivity contribution in [3.8, 4) is 5.75 Å². The highest BCUT2D eigenvalue weighted by atomic mass is 19.4. The molecule has 0 aromatic heterocycles. The summed E-state index contributed by atoms with van der Waals surface area (Å²) in [6.45, 7) is 7.21. The van der Waals surface area contributed by atoms with Crippen molar-refractivity contribution in [1.82, 2.24) is 0 Å². The second-order valence-electron chi connectivity index (χ2n) is 7.49. The number of hydrogen-bond donors (Lipinski definition) is 1. The minimum absolute atomic E-state index is 0.0125. The van der Waals surface area contributed by atoms with Crippen LogP contribution in [0.3, 0.4) is 0 Å². The molecule has 1 aromatic carbocycles. The topological polar surface area (TPSA) is 103 Å². The van der Waals surface area contributed by atoms with Gasteiger partial charge in [-0.1, -0.05) is 0 Å². The average Bonchev–Trinajstić information content (AvgIpc) is 2.90. The third-order valence-corrected chi connectivity index (χ3v) is 4.52. The number of aliphatic hydroxyl groups is 1. The van der Waals surface area contributed by atoms with E-state index < -0.39 is 11.7 Å². The molecule has 1 N–H and O–H groups in total. The number of hydrogen-bond acceptors (Lipinski definition) is 10. The fourth-order valence-corrected chi connectivity index (χ4v) is 2.66. The zero-order chi connectivity index (χ0) is 27.6. The molecule has 13 heteroatoms. The van der Waals surface area contributed by atoms with Crippen molar-refractivity contribution in [2.75, 3.05) is 119 Å². The second kappa shape index (κ2) is 24.5. The Labute approximate surface area is 222 Å². The Balaban J connectivity index is 1.71. The van der Waals surface area contributed by atoms with Crippen LogP contribution >= 0.6 is 0 Å². The van der Waals surface area contributed by atoms with Gasteiger partial charge in [-0.05, 0) is 24.3 Å². The molecular formula is C25H41F3O10. The van der Waals surface area contributed by atoms with E-state index in [-0.39, 0.29) is 13.2 Å². The normalized spacial score (nSPS) is 11.8. The van der Waals surface area contributed by atoms with E-state index in [4.69, 9.17) is 47.7 Å². The maximum absolute atomic E-state index is 12.5. The van der Waals surface area contributed by atoms with E-state index >= 15 is 0 Å². The van der Waals surface area contributed by atoms with E-state index in [1.54, 1.807) is 0 Å². The van der Waals surface area contributed by atoms with Crippen LogP contribution in [0, 0.1) is 0 Å². The standard InChI is InChI=1S/C25H41F3O10/c26-25(27,28)23-1-3-24(4-2-23)38-22-21-37-20-19-36-18-17-35-16-15-34-14-13-33-12-11-32-10-9-31-8-7-30-6-5-29/h1-4,29H,5-22H2. The van der Waals surface area contributed by atoms with Crippen LogP contribution in [0.5, 0.6) is 5.75 Å². The monoisotopic (exact) mass is 558 g/mol. The highest BCUT2D eigenvalue weighted by Crippen LogP contribution is 2.30. The fraction of sp³-hybridized carbons (Fsp3) is 0.760. The molecule has 0 amide bonds.